The van der Waals surface area contributed by atoms with Gasteiger partial charge in [-0.1, -0.05) is 262 Å². The minimum absolute atomic E-state index is 0.127. The lowest BCUT2D eigenvalue weighted by Gasteiger charge is -2.33. The zero-order valence-corrected chi connectivity index (χ0v) is 61.6. The van der Waals surface area contributed by atoms with E-state index in [4.69, 9.17) is 4.74 Å². The highest BCUT2D eigenvalue weighted by Crippen LogP contribution is 2.40. The topological polar surface area (TPSA) is 65.3 Å². The summed E-state index contributed by atoms with van der Waals surface area (Å²) in [5.41, 5.74) is 14.4. The van der Waals surface area contributed by atoms with Gasteiger partial charge in [0.15, 0.2) is 0 Å². The monoisotopic (exact) mass is 1290 g/mol. The normalized spacial score (nSPS) is 13.3. The number of allylic oxidation sites excluding steroid dienone is 1. The predicted octanol–water partition coefficient (Wildman–Crippen LogP) is 25.4. The van der Waals surface area contributed by atoms with Crippen molar-refractivity contribution in [2.45, 2.75) is 219 Å². The number of benzene rings is 5. The Morgan fingerprint density at radius 3 is 1.55 bits per heavy atom. The Morgan fingerprint density at radius 1 is 0.591 bits per heavy atom. The maximum Gasteiger partial charge on any atom is 0.269 e. The van der Waals surface area contributed by atoms with Crippen LogP contribution in [0.5, 0.6) is 5.75 Å². The molecular weight excluding hydrogens is 1180 g/mol. The molecule has 2 aliphatic carbocycles. The molecule has 2 aliphatic rings. The van der Waals surface area contributed by atoms with E-state index in [1.165, 1.54) is 110 Å². The van der Waals surface area contributed by atoms with Gasteiger partial charge in [0.05, 0.1) is 8.71 Å². The van der Waals surface area contributed by atoms with Gasteiger partial charge in [-0.2, -0.15) is 11.8 Å². The number of ether oxygens (including phenoxy) is 1. The molecule has 88 heavy (non-hydrogen) atoms. The highest BCUT2D eigenvalue weighted by molar-refractivity contribution is 9.11. The number of thiophene rings is 1. The highest BCUT2D eigenvalue weighted by atomic mass is 79.9. The van der Waals surface area contributed by atoms with Gasteiger partial charge in [0.25, 0.3) is 5.69 Å². The summed E-state index contributed by atoms with van der Waals surface area (Å²) in [6, 6.07) is 49.2. The fourth-order valence-corrected chi connectivity index (χ4v) is 11.7. The fraction of sp³-hybridized carbons (Fsp3) is 0.487. The number of nitrogens with zero attached hydrogens (tertiary/aromatic N) is 2. The number of rotatable bonds is 7. The molecule has 0 aliphatic heterocycles. The van der Waals surface area contributed by atoms with Crippen LogP contribution >= 0.6 is 39.0 Å². The van der Waals surface area contributed by atoms with Crippen LogP contribution in [0, 0.1) is 32.3 Å². The van der Waals surface area contributed by atoms with Gasteiger partial charge >= 0.3 is 0 Å². The molecule has 1 saturated carbocycles. The number of hydrogen-bond acceptors (Lipinski definition) is 6. The Balaban J connectivity index is 0.000000274. The first-order chi connectivity index (χ1) is 40.8. The molecule has 2 aromatic heterocycles. The first kappa shape index (κ1) is 77.0. The molecule has 2 heterocycles. The van der Waals surface area contributed by atoms with Crippen LogP contribution in [0.15, 0.2) is 168 Å². The zero-order chi connectivity index (χ0) is 66.2. The van der Waals surface area contributed by atoms with Crippen molar-refractivity contribution < 1.29 is 9.66 Å². The second-order valence-electron chi connectivity index (χ2n) is 30.9. The molecule has 0 amide bonds. The SMILES string of the molecule is CC(C)(C)/C=C/c1ccc([N+](=O)[O-])cc1.CC(C)(C)C1CCCCC1.CC(C)(C)c1ccc(Br)s1.CC(C)(C)c1ccc(OCc2ccccc2)cc1.CC(C)(C)c1ccc2c(c1)Cc1ccccc1-2.CC(C)(C)c1ccncc1.CSCCC(C)(C)C. The highest BCUT2D eigenvalue weighted by Gasteiger charge is 2.26. The first-order valence-electron chi connectivity index (χ1n) is 31.8. The fourth-order valence-electron chi connectivity index (χ4n) is 9.40. The third kappa shape index (κ3) is 30.5. The molecule has 1 fully saturated rings. The molecule has 0 spiro atoms. The third-order valence-corrected chi connectivity index (χ3v) is 17.9. The Kier molecular flexibility index (Phi) is 30.9. The molecule has 0 atom stereocenters. The van der Waals surface area contributed by atoms with E-state index in [1.54, 1.807) is 12.1 Å². The molecule has 9 rings (SSSR count). The van der Waals surface area contributed by atoms with Crippen molar-refractivity contribution >= 4 is 50.8 Å². The Morgan fingerprint density at radius 2 is 1.11 bits per heavy atom. The maximum absolute atomic E-state index is 10.4. The van der Waals surface area contributed by atoms with Crippen molar-refractivity contribution in [1.29, 1.82) is 0 Å². The minimum atomic E-state index is -0.392. The average molecular weight is 1290 g/mol. The molecule has 5 aromatic carbocycles. The summed E-state index contributed by atoms with van der Waals surface area (Å²) in [4.78, 5) is 15.4. The number of pyridine rings is 1. The van der Waals surface area contributed by atoms with Gasteiger partial charge in [0.2, 0.25) is 0 Å². The summed E-state index contributed by atoms with van der Waals surface area (Å²) in [7, 11) is 0. The second-order valence-corrected chi connectivity index (χ2v) is 34.3. The number of nitro groups is 1. The van der Waals surface area contributed by atoms with Crippen LogP contribution in [-0.2, 0) is 34.7 Å². The van der Waals surface area contributed by atoms with Gasteiger partial charge < -0.3 is 4.74 Å². The lowest BCUT2D eigenvalue weighted by atomic mass is 9.72. The molecular formula is C80H113BrN2O3S2. The van der Waals surface area contributed by atoms with E-state index in [1.807, 2.05) is 71.9 Å². The third-order valence-electron chi connectivity index (χ3n) is 15.3. The Labute approximate surface area is 553 Å². The summed E-state index contributed by atoms with van der Waals surface area (Å²) < 4.78 is 6.98. The molecule has 7 aromatic rings. The van der Waals surface area contributed by atoms with Gasteiger partial charge in [-0.25, -0.2) is 0 Å². The summed E-state index contributed by atoms with van der Waals surface area (Å²) in [6.07, 6.45) is 19.7. The second kappa shape index (κ2) is 35.4. The van der Waals surface area contributed by atoms with Crippen molar-refractivity contribution in [2.75, 3.05) is 12.0 Å². The van der Waals surface area contributed by atoms with E-state index in [0.29, 0.717) is 22.9 Å². The van der Waals surface area contributed by atoms with E-state index < -0.39 is 4.92 Å². The summed E-state index contributed by atoms with van der Waals surface area (Å²) in [5, 5.41) is 10.4. The van der Waals surface area contributed by atoms with E-state index in [-0.39, 0.29) is 27.3 Å². The maximum atomic E-state index is 10.4. The first-order valence-corrected chi connectivity index (χ1v) is 34.8. The van der Waals surface area contributed by atoms with E-state index in [0.717, 1.165) is 23.7 Å². The van der Waals surface area contributed by atoms with Gasteiger partial charge in [-0.3, -0.25) is 15.1 Å². The van der Waals surface area contributed by atoms with Gasteiger partial charge in [-0.15, -0.1) is 11.3 Å². The minimum Gasteiger partial charge on any atom is -0.489 e. The number of nitro benzene ring substituents is 1. The molecule has 0 saturated heterocycles. The largest absolute Gasteiger partial charge is 0.489 e. The van der Waals surface area contributed by atoms with Gasteiger partial charge in [0.1, 0.15) is 12.4 Å². The van der Waals surface area contributed by atoms with Gasteiger partial charge in [0, 0.05) is 29.4 Å². The van der Waals surface area contributed by atoms with Crippen LogP contribution in [-0.4, -0.2) is 21.9 Å². The van der Waals surface area contributed by atoms with Crippen LogP contribution in [0.2, 0.25) is 0 Å². The smallest absolute Gasteiger partial charge is 0.269 e. The average Bonchev–Trinajstić information content (AvgIpc) is 2.36. The van der Waals surface area contributed by atoms with Crippen molar-refractivity contribution in [1.82, 2.24) is 4.98 Å². The van der Waals surface area contributed by atoms with Crippen LogP contribution in [0.1, 0.15) is 228 Å². The molecule has 8 heteroatoms. The Hall–Kier alpha value is -5.28. The predicted molar refractivity (Wildman–Crippen MR) is 393 cm³/mol. The number of halogens is 1. The summed E-state index contributed by atoms with van der Waals surface area (Å²) in [6.45, 7) is 47.7. The molecule has 480 valence electrons. The lowest BCUT2D eigenvalue weighted by molar-refractivity contribution is -0.384. The van der Waals surface area contributed by atoms with Crippen molar-refractivity contribution in [3.8, 4) is 16.9 Å². The van der Waals surface area contributed by atoms with E-state index in [2.05, 4.69) is 270 Å². The van der Waals surface area contributed by atoms with Gasteiger partial charge in [-0.05, 0) is 196 Å². The van der Waals surface area contributed by atoms with Crippen LogP contribution < -0.4 is 4.74 Å². The molecule has 5 nitrogen and oxygen atoms in total. The lowest BCUT2D eigenvalue weighted by Crippen LogP contribution is -2.22. The standard InChI is InChI=1S/C17H20O.C17H18.C12H15NO2.C10H20.C9H13N.C8H11BrS.C7H16S/c1-17(2,3)15-9-11-16(12-10-15)18-13-14-7-5-4-6-8-14;1-17(2,3)14-8-9-16-13(11-14)10-12-6-4-5-7-15(12)16;1-12(2,3)9-8-10-4-6-11(7-5-10)13(14)15;1-10(2,3)9-7-5-4-6-8-9;1-9(2,3)8-4-6-10-7-5-8;1-8(2,3)6-4-5-7(9)10-6;1-7(2,3)5-6-8-4/h4-12H,13H2,1-3H3;4-9,11H,10H2,1-3H3;4-9H,1-3H3;9H,4-8H2,1-3H3;4-7H,1-3H3;4-5H,1-3H3;5-6H2,1-4H3/b;;9-8+;;;;. The van der Waals surface area contributed by atoms with Crippen LogP contribution in [0.25, 0.3) is 17.2 Å². The molecule has 0 radical (unpaired) electrons. The quantitative estimate of drug-likeness (QED) is 0.118. The van der Waals surface area contributed by atoms with Crippen LogP contribution in [0.4, 0.5) is 5.69 Å². The zero-order valence-electron chi connectivity index (χ0n) is 58.4. The number of non-ortho nitro benzene ring substituents is 1. The number of aromatic nitrogens is 1. The van der Waals surface area contributed by atoms with Crippen molar-refractivity contribution in [3.63, 3.8) is 0 Å². The molecule has 0 unspecified atom stereocenters. The number of thioether (sulfide) groups is 1. The molecule has 0 N–H and O–H groups in total. The summed E-state index contributed by atoms with van der Waals surface area (Å²) in [5.74, 6) is 3.22. The Bertz CT molecular complexity index is 3110. The van der Waals surface area contributed by atoms with E-state index >= 15 is 0 Å². The number of fused-ring (bicyclic) bond motifs is 3. The van der Waals surface area contributed by atoms with E-state index in [9.17, 15) is 10.1 Å². The number of hydrogen-bond donors (Lipinski definition) is 0. The van der Waals surface area contributed by atoms with Crippen molar-refractivity contribution in [3.05, 3.63) is 222 Å². The molecule has 0 bridgehead atoms. The van der Waals surface area contributed by atoms with Crippen molar-refractivity contribution in [2.24, 2.45) is 22.2 Å². The van der Waals surface area contributed by atoms with Crippen LogP contribution in [0.3, 0.4) is 0 Å². The summed E-state index contributed by atoms with van der Waals surface area (Å²) >= 11 is 7.18.